The number of benzene rings is 1. The molecule has 3 fully saturated rings. The first-order valence-electron chi connectivity index (χ1n) is 16.5. The quantitative estimate of drug-likeness (QED) is 0.437. The Morgan fingerprint density at radius 1 is 1.07 bits per heavy atom. The normalized spacial score (nSPS) is 32.7. The topological polar surface area (TPSA) is 120 Å². The van der Waals surface area contributed by atoms with Crippen LogP contribution >= 0.6 is 0 Å². The zero-order valence-electron chi connectivity index (χ0n) is 27.2. The third-order valence-corrected chi connectivity index (χ3v) is 10.9. The summed E-state index contributed by atoms with van der Waals surface area (Å²) in [5.41, 5.74) is -1.23. The summed E-state index contributed by atoms with van der Waals surface area (Å²) < 4.78 is 49.5. The lowest BCUT2D eigenvalue weighted by molar-refractivity contribution is -0.142. The zero-order chi connectivity index (χ0) is 33.0. The van der Waals surface area contributed by atoms with Crippen molar-refractivity contribution in [2.24, 2.45) is 17.3 Å². The molecule has 0 unspecified atom stereocenters. The zero-order valence-corrected chi connectivity index (χ0v) is 27.2. The van der Waals surface area contributed by atoms with E-state index in [9.17, 15) is 14.4 Å². The van der Waals surface area contributed by atoms with Crippen LogP contribution in [0.1, 0.15) is 91.2 Å². The molecule has 2 amide bonds. The molecule has 1 aromatic carbocycles. The summed E-state index contributed by atoms with van der Waals surface area (Å²) in [6.07, 6.45) is 3.31. The molecule has 1 N–H and O–H groups in total. The maximum atomic E-state index is 16.0. The number of alkyl halides is 2. The first-order chi connectivity index (χ1) is 21.7. The molecule has 10 nitrogen and oxygen atoms in total. The minimum Gasteiger partial charge on any atom is -0.497 e. The Morgan fingerprint density at radius 2 is 1.78 bits per heavy atom. The van der Waals surface area contributed by atoms with Gasteiger partial charge in [-0.15, -0.1) is 0 Å². The highest BCUT2D eigenvalue weighted by atomic mass is 19.3. The minimum absolute atomic E-state index is 0.0404. The first kappa shape index (κ1) is 32.4. The van der Waals surface area contributed by atoms with E-state index in [2.05, 4.69) is 15.3 Å². The van der Waals surface area contributed by atoms with Gasteiger partial charge >= 0.3 is 6.09 Å². The second kappa shape index (κ2) is 11.9. The molecule has 0 radical (unpaired) electrons. The van der Waals surface area contributed by atoms with Crippen molar-refractivity contribution in [1.29, 1.82) is 0 Å². The fourth-order valence-electron chi connectivity index (χ4n) is 7.88. The van der Waals surface area contributed by atoms with Crippen LogP contribution in [0.2, 0.25) is 0 Å². The van der Waals surface area contributed by atoms with Gasteiger partial charge in [-0.2, -0.15) is 8.78 Å². The lowest BCUT2D eigenvalue weighted by Gasteiger charge is -2.37. The number of carbonyl (C=O) groups excluding carboxylic acids is 3. The number of nitrogens with zero attached hydrogens (tertiary/aromatic N) is 3. The number of hydrogen-bond donors (Lipinski definition) is 1. The van der Waals surface area contributed by atoms with Gasteiger partial charge in [0.25, 0.3) is 5.92 Å². The van der Waals surface area contributed by atoms with Crippen molar-refractivity contribution in [2.45, 2.75) is 115 Å². The summed E-state index contributed by atoms with van der Waals surface area (Å²) in [5.74, 6) is -4.37. The van der Waals surface area contributed by atoms with Gasteiger partial charge in [-0.1, -0.05) is 33.1 Å². The summed E-state index contributed by atoms with van der Waals surface area (Å²) in [7, 11) is 1.50. The van der Waals surface area contributed by atoms with Crippen molar-refractivity contribution >= 4 is 28.8 Å². The third kappa shape index (κ3) is 5.99. The molecule has 2 saturated carbocycles. The largest absolute Gasteiger partial charge is 0.497 e. The molecule has 2 bridgehead atoms. The standard InChI is InChI=1S/C34H44F2N4O6/c1-19-25-18-40(26(19)20(2)41)30(42)28(32(3)13-8-9-14-32)39-31(43)46-33(4)17-21(33)10-6-7-15-34(35,36)27-29(45-25)38-24-16-22(44-5)11-12-23(24)37-27/h11-12,16,19,21,25-26,28H,6-10,13-15,17-18H2,1-5H3,(H,39,43)/t19-,21-,25+,26+,28-,33-/m1/s1. The number of hydrogen-bond acceptors (Lipinski definition) is 8. The highest BCUT2D eigenvalue weighted by molar-refractivity contribution is 5.92. The molecule has 46 heavy (non-hydrogen) atoms. The van der Waals surface area contributed by atoms with E-state index in [1.54, 1.807) is 25.1 Å². The third-order valence-electron chi connectivity index (χ3n) is 10.9. The molecule has 6 rings (SSSR count). The van der Waals surface area contributed by atoms with Crippen LogP contribution in [0.25, 0.3) is 11.0 Å². The molecule has 6 atom stereocenters. The Morgan fingerprint density at radius 3 is 2.48 bits per heavy atom. The number of amides is 2. The number of alkyl carbamates (subject to hydrolysis) is 1. The van der Waals surface area contributed by atoms with Crippen LogP contribution in [-0.4, -0.2) is 70.1 Å². The number of halogens is 2. The van der Waals surface area contributed by atoms with E-state index < -0.39 is 65.2 Å². The van der Waals surface area contributed by atoms with Crippen molar-refractivity contribution in [3.63, 3.8) is 0 Å². The number of rotatable bonds is 3. The van der Waals surface area contributed by atoms with E-state index in [1.807, 2.05) is 13.8 Å². The molecule has 250 valence electrons. The summed E-state index contributed by atoms with van der Waals surface area (Å²) in [6.45, 7) is 6.96. The van der Waals surface area contributed by atoms with Crippen molar-refractivity contribution < 1.29 is 37.4 Å². The maximum Gasteiger partial charge on any atom is 0.408 e. The van der Waals surface area contributed by atoms with Crippen LogP contribution in [0.5, 0.6) is 11.6 Å². The number of ether oxygens (including phenoxy) is 3. The van der Waals surface area contributed by atoms with E-state index in [-0.39, 0.29) is 36.1 Å². The second-order valence-electron chi connectivity index (χ2n) is 14.3. The molecular formula is C34H44F2N4O6. The lowest BCUT2D eigenvalue weighted by atomic mass is 9.79. The Labute approximate surface area is 267 Å². The van der Waals surface area contributed by atoms with Gasteiger partial charge in [-0.25, -0.2) is 14.8 Å². The van der Waals surface area contributed by atoms with Gasteiger partial charge < -0.3 is 24.4 Å². The highest BCUT2D eigenvalue weighted by Gasteiger charge is 2.55. The van der Waals surface area contributed by atoms with E-state index >= 15 is 8.78 Å². The summed E-state index contributed by atoms with van der Waals surface area (Å²) in [4.78, 5) is 51.2. The van der Waals surface area contributed by atoms with Crippen molar-refractivity contribution in [3.05, 3.63) is 23.9 Å². The number of fused-ring (bicyclic) bond motifs is 5. The molecule has 2 aliphatic heterocycles. The van der Waals surface area contributed by atoms with Crippen LogP contribution in [-0.2, 0) is 20.2 Å². The predicted octanol–water partition coefficient (Wildman–Crippen LogP) is 5.94. The van der Waals surface area contributed by atoms with E-state index in [4.69, 9.17) is 14.2 Å². The van der Waals surface area contributed by atoms with Gasteiger partial charge in [0.1, 0.15) is 23.5 Å². The summed E-state index contributed by atoms with van der Waals surface area (Å²) in [5, 5.41) is 2.91. The van der Waals surface area contributed by atoms with Gasteiger partial charge in [0.2, 0.25) is 11.8 Å². The predicted molar refractivity (Wildman–Crippen MR) is 165 cm³/mol. The van der Waals surface area contributed by atoms with Crippen molar-refractivity contribution in [3.8, 4) is 11.6 Å². The molecule has 3 heterocycles. The number of ketones is 1. The number of Topliss-reactive ketones (excluding diaryl/α,β-unsaturated/α-hetero) is 1. The fourth-order valence-corrected chi connectivity index (χ4v) is 7.88. The smallest absolute Gasteiger partial charge is 0.408 e. The Hall–Kier alpha value is -3.57. The van der Waals surface area contributed by atoms with Crippen LogP contribution < -0.4 is 14.8 Å². The molecular weight excluding hydrogens is 598 g/mol. The molecule has 12 heteroatoms. The molecule has 1 aromatic heterocycles. The Bertz CT molecular complexity index is 1530. The van der Waals surface area contributed by atoms with E-state index in [1.165, 1.54) is 18.9 Å². The number of methoxy groups -OCH3 is 1. The van der Waals surface area contributed by atoms with Crippen LogP contribution in [0, 0.1) is 17.3 Å². The molecule has 4 aliphatic rings. The van der Waals surface area contributed by atoms with Gasteiger partial charge in [0, 0.05) is 24.3 Å². The Balaban J connectivity index is 1.42. The maximum absolute atomic E-state index is 16.0. The van der Waals surface area contributed by atoms with Crippen LogP contribution in [0.4, 0.5) is 13.6 Å². The van der Waals surface area contributed by atoms with Gasteiger partial charge in [0.05, 0.1) is 30.7 Å². The van der Waals surface area contributed by atoms with E-state index in [0.717, 1.165) is 25.7 Å². The molecule has 2 aromatic rings. The van der Waals surface area contributed by atoms with Crippen LogP contribution in [0.3, 0.4) is 0 Å². The average Bonchev–Trinajstić information content (AvgIpc) is 3.26. The highest BCUT2D eigenvalue weighted by Crippen LogP contribution is 2.50. The SMILES string of the molecule is COc1ccc2nc3c(nc2c1)O[C@H]1CN(C(=O)[C@H](C2(C)CCCC2)NC(=O)O[C@]2(C)C[C@H]2CCCCC3(F)F)[C@H](C(C)=O)[C@@H]1C. The summed E-state index contributed by atoms with van der Waals surface area (Å²) >= 11 is 0. The van der Waals surface area contributed by atoms with Gasteiger partial charge in [0.15, 0.2) is 11.5 Å². The minimum atomic E-state index is -3.36. The Kier molecular flexibility index (Phi) is 8.38. The van der Waals surface area contributed by atoms with Gasteiger partial charge in [-0.05, 0) is 63.5 Å². The number of nitrogens with one attached hydrogen (secondary N) is 1. The second-order valence-corrected chi connectivity index (χ2v) is 14.3. The van der Waals surface area contributed by atoms with Crippen molar-refractivity contribution in [1.82, 2.24) is 20.2 Å². The lowest BCUT2D eigenvalue weighted by Crippen LogP contribution is -2.58. The van der Waals surface area contributed by atoms with Gasteiger partial charge in [-0.3, -0.25) is 9.59 Å². The first-order valence-corrected chi connectivity index (χ1v) is 16.5. The number of carbonyl (C=O) groups is 3. The molecule has 2 aliphatic carbocycles. The fraction of sp³-hybridized carbons (Fsp3) is 0.676. The van der Waals surface area contributed by atoms with Crippen molar-refractivity contribution in [2.75, 3.05) is 13.7 Å². The van der Waals surface area contributed by atoms with Crippen LogP contribution in [0.15, 0.2) is 18.2 Å². The summed E-state index contributed by atoms with van der Waals surface area (Å²) in [6, 6.07) is 3.01. The molecule has 1 saturated heterocycles. The molecule has 0 spiro atoms. The average molecular weight is 643 g/mol. The number of aromatic nitrogens is 2. The monoisotopic (exact) mass is 642 g/mol. The van der Waals surface area contributed by atoms with E-state index in [0.29, 0.717) is 30.5 Å².